The largest absolute Gasteiger partial charge is 0.457 e. The van der Waals surface area contributed by atoms with E-state index in [0.717, 1.165) is 5.56 Å². The van der Waals surface area contributed by atoms with Gasteiger partial charge in [-0.1, -0.05) is 11.6 Å². The first-order valence-electron chi connectivity index (χ1n) is 6.38. The summed E-state index contributed by atoms with van der Waals surface area (Å²) < 4.78 is 19.5. The van der Waals surface area contributed by atoms with Crippen LogP contribution in [0.5, 0.6) is 11.5 Å². The van der Waals surface area contributed by atoms with Crippen LogP contribution in [0.15, 0.2) is 30.3 Å². The Morgan fingerprint density at radius 1 is 1.10 bits per heavy atom. The highest BCUT2D eigenvalue weighted by Crippen LogP contribution is 2.33. The van der Waals surface area contributed by atoms with E-state index in [2.05, 4.69) is 0 Å². The Balaban J connectivity index is 2.44. The molecule has 2 aromatic rings. The molecule has 0 aliphatic rings. The molecule has 0 radical (unpaired) electrons. The van der Waals surface area contributed by atoms with Gasteiger partial charge in [0.15, 0.2) is 0 Å². The highest BCUT2D eigenvalue weighted by molar-refractivity contribution is 6.30. The summed E-state index contributed by atoms with van der Waals surface area (Å²) in [5, 5.41) is 0.651. The van der Waals surface area contributed by atoms with Crippen LogP contribution in [0, 0.1) is 19.7 Å². The zero-order valence-electron chi connectivity index (χ0n) is 11.7. The second-order valence-corrected chi connectivity index (χ2v) is 5.38. The SMILES string of the molecule is Cc1cc(Oc2ccc(Cl)cc2C)c([C@H](C)N)cc1F. The van der Waals surface area contributed by atoms with E-state index < -0.39 is 0 Å². The highest BCUT2D eigenvalue weighted by Gasteiger charge is 2.13. The number of benzene rings is 2. The molecular weight excluding hydrogens is 277 g/mol. The van der Waals surface area contributed by atoms with Crippen LogP contribution in [0.4, 0.5) is 4.39 Å². The van der Waals surface area contributed by atoms with Crippen LogP contribution in [0.25, 0.3) is 0 Å². The van der Waals surface area contributed by atoms with Crippen LogP contribution < -0.4 is 10.5 Å². The molecule has 106 valence electrons. The van der Waals surface area contributed by atoms with Gasteiger partial charge in [0, 0.05) is 16.6 Å². The van der Waals surface area contributed by atoms with Crippen molar-refractivity contribution in [1.82, 2.24) is 0 Å². The van der Waals surface area contributed by atoms with Crippen LogP contribution in [0.3, 0.4) is 0 Å². The summed E-state index contributed by atoms with van der Waals surface area (Å²) in [6.45, 7) is 5.40. The van der Waals surface area contributed by atoms with Crippen LogP contribution in [-0.4, -0.2) is 0 Å². The van der Waals surface area contributed by atoms with Gasteiger partial charge in [0.2, 0.25) is 0 Å². The summed E-state index contributed by atoms with van der Waals surface area (Å²) in [4.78, 5) is 0. The van der Waals surface area contributed by atoms with Gasteiger partial charge in [-0.15, -0.1) is 0 Å². The number of aryl methyl sites for hydroxylation is 2. The first kappa shape index (κ1) is 14.8. The minimum absolute atomic E-state index is 0.280. The normalized spacial score (nSPS) is 12.3. The minimum Gasteiger partial charge on any atom is -0.457 e. The zero-order valence-corrected chi connectivity index (χ0v) is 12.5. The van der Waals surface area contributed by atoms with Crippen LogP contribution in [-0.2, 0) is 0 Å². The van der Waals surface area contributed by atoms with E-state index in [1.165, 1.54) is 6.07 Å². The molecule has 0 aliphatic carbocycles. The summed E-state index contributed by atoms with van der Waals surface area (Å²) >= 11 is 5.92. The zero-order chi connectivity index (χ0) is 14.9. The molecule has 2 aromatic carbocycles. The monoisotopic (exact) mass is 293 g/mol. The van der Waals surface area contributed by atoms with E-state index in [1.807, 2.05) is 13.0 Å². The van der Waals surface area contributed by atoms with Crippen molar-refractivity contribution in [1.29, 1.82) is 0 Å². The molecule has 0 bridgehead atoms. The molecule has 2 rings (SSSR count). The molecule has 4 heteroatoms. The molecule has 0 aliphatic heterocycles. The maximum Gasteiger partial charge on any atom is 0.132 e. The number of halogens is 2. The third-order valence-electron chi connectivity index (χ3n) is 3.14. The number of nitrogens with two attached hydrogens (primary N) is 1. The lowest BCUT2D eigenvalue weighted by Gasteiger charge is -2.16. The molecule has 0 heterocycles. The molecule has 20 heavy (non-hydrogen) atoms. The van der Waals surface area contributed by atoms with E-state index in [4.69, 9.17) is 22.1 Å². The van der Waals surface area contributed by atoms with Gasteiger partial charge in [-0.05, 0) is 62.2 Å². The average Bonchev–Trinajstić information content (AvgIpc) is 2.36. The Kier molecular flexibility index (Phi) is 4.31. The van der Waals surface area contributed by atoms with Gasteiger partial charge in [0.1, 0.15) is 17.3 Å². The molecular formula is C16H17ClFNO. The Labute approximate surface area is 123 Å². The number of ether oxygens (including phenoxy) is 1. The summed E-state index contributed by atoms with van der Waals surface area (Å²) in [7, 11) is 0. The number of hydrogen-bond acceptors (Lipinski definition) is 2. The second kappa shape index (κ2) is 5.81. The Morgan fingerprint density at radius 3 is 2.40 bits per heavy atom. The second-order valence-electron chi connectivity index (χ2n) is 4.94. The lowest BCUT2D eigenvalue weighted by molar-refractivity contribution is 0.465. The lowest BCUT2D eigenvalue weighted by atomic mass is 10.0. The van der Waals surface area contributed by atoms with E-state index in [9.17, 15) is 4.39 Å². The van der Waals surface area contributed by atoms with Gasteiger partial charge in [-0.25, -0.2) is 4.39 Å². The molecule has 0 saturated heterocycles. The molecule has 0 fully saturated rings. The average molecular weight is 294 g/mol. The van der Waals surface area contributed by atoms with Gasteiger partial charge < -0.3 is 10.5 Å². The molecule has 2 N–H and O–H groups in total. The third kappa shape index (κ3) is 3.11. The van der Waals surface area contributed by atoms with E-state index >= 15 is 0 Å². The topological polar surface area (TPSA) is 35.2 Å². The van der Waals surface area contributed by atoms with Crippen molar-refractivity contribution in [3.63, 3.8) is 0 Å². The van der Waals surface area contributed by atoms with E-state index in [0.29, 0.717) is 27.6 Å². The molecule has 1 atom stereocenters. The Hall–Kier alpha value is -1.58. The first-order chi connectivity index (χ1) is 9.38. The van der Waals surface area contributed by atoms with Crippen LogP contribution in [0.1, 0.15) is 29.7 Å². The maximum absolute atomic E-state index is 13.7. The molecule has 0 unspecified atom stereocenters. The van der Waals surface area contributed by atoms with E-state index in [1.54, 1.807) is 32.0 Å². The lowest BCUT2D eigenvalue weighted by Crippen LogP contribution is -2.08. The highest BCUT2D eigenvalue weighted by atomic mass is 35.5. The van der Waals surface area contributed by atoms with Gasteiger partial charge in [-0.3, -0.25) is 0 Å². The fourth-order valence-corrected chi connectivity index (χ4v) is 2.19. The van der Waals surface area contributed by atoms with Gasteiger partial charge in [0.05, 0.1) is 0 Å². The van der Waals surface area contributed by atoms with Crippen LogP contribution in [0.2, 0.25) is 5.02 Å². The third-order valence-corrected chi connectivity index (χ3v) is 3.37. The molecule has 0 saturated carbocycles. The van der Waals surface area contributed by atoms with Crippen molar-refractivity contribution in [3.8, 4) is 11.5 Å². The van der Waals surface area contributed by atoms with Crippen molar-refractivity contribution >= 4 is 11.6 Å². The quantitative estimate of drug-likeness (QED) is 0.873. The van der Waals surface area contributed by atoms with Crippen molar-refractivity contribution < 1.29 is 9.13 Å². The standard InChI is InChI=1S/C16H17ClFNO/c1-9-7-16(13(11(3)19)8-14(9)18)20-15-5-4-12(17)6-10(15)2/h4-8,11H,19H2,1-3H3/t11-/m0/s1. The fourth-order valence-electron chi connectivity index (χ4n) is 1.96. The Bertz CT molecular complexity index is 641. The predicted molar refractivity (Wildman–Crippen MR) is 80.0 cm³/mol. The minimum atomic E-state index is -0.312. The number of hydrogen-bond donors (Lipinski definition) is 1. The van der Waals surface area contributed by atoms with Gasteiger partial charge in [0.25, 0.3) is 0 Å². The number of rotatable bonds is 3. The fraction of sp³-hybridized carbons (Fsp3) is 0.250. The van der Waals surface area contributed by atoms with Gasteiger partial charge >= 0.3 is 0 Å². The summed E-state index contributed by atoms with van der Waals surface area (Å²) in [6, 6.07) is 8.15. The molecule has 0 spiro atoms. The molecule has 2 nitrogen and oxygen atoms in total. The summed E-state index contributed by atoms with van der Waals surface area (Å²) in [5.41, 5.74) is 7.96. The van der Waals surface area contributed by atoms with Crippen molar-refractivity contribution in [2.24, 2.45) is 5.73 Å². The van der Waals surface area contributed by atoms with Crippen molar-refractivity contribution in [2.45, 2.75) is 26.8 Å². The van der Waals surface area contributed by atoms with Crippen molar-refractivity contribution in [2.75, 3.05) is 0 Å². The smallest absolute Gasteiger partial charge is 0.132 e. The molecule has 0 aromatic heterocycles. The van der Waals surface area contributed by atoms with Gasteiger partial charge in [-0.2, -0.15) is 0 Å². The predicted octanol–water partition coefficient (Wildman–Crippen LogP) is 4.91. The van der Waals surface area contributed by atoms with E-state index in [-0.39, 0.29) is 11.9 Å². The first-order valence-corrected chi connectivity index (χ1v) is 6.76. The summed E-state index contributed by atoms with van der Waals surface area (Å²) in [6.07, 6.45) is 0. The maximum atomic E-state index is 13.7. The molecule has 0 amide bonds. The Morgan fingerprint density at radius 2 is 1.80 bits per heavy atom. The van der Waals surface area contributed by atoms with Crippen LogP contribution >= 0.6 is 11.6 Å². The van der Waals surface area contributed by atoms with Crippen molar-refractivity contribution in [3.05, 3.63) is 57.9 Å². The summed E-state index contributed by atoms with van der Waals surface area (Å²) in [5.74, 6) is 0.976.